The van der Waals surface area contributed by atoms with Gasteiger partial charge in [-0.15, -0.1) is 0 Å². The molecule has 0 saturated heterocycles. The molecule has 4 nitrogen and oxygen atoms in total. The van der Waals surface area contributed by atoms with Gasteiger partial charge in [0.1, 0.15) is 5.82 Å². The van der Waals surface area contributed by atoms with E-state index in [1.165, 1.54) is 6.07 Å². The van der Waals surface area contributed by atoms with E-state index < -0.39 is 0 Å². The highest BCUT2D eigenvalue weighted by Crippen LogP contribution is 2.13. The molecule has 0 saturated carbocycles. The molecule has 0 spiro atoms. The van der Waals surface area contributed by atoms with E-state index in [1.54, 1.807) is 13.0 Å². The predicted molar refractivity (Wildman–Crippen MR) is 80.5 cm³/mol. The third kappa shape index (κ3) is 3.68. The van der Waals surface area contributed by atoms with Crippen molar-refractivity contribution >= 4 is 0 Å². The van der Waals surface area contributed by atoms with Crippen LogP contribution < -0.4 is 5.32 Å². The molecule has 0 aliphatic rings. The van der Waals surface area contributed by atoms with Gasteiger partial charge in [0, 0.05) is 24.3 Å². The third-order valence-corrected chi connectivity index (χ3v) is 3.70. The molecule has 0 radical (unpaired) electrons. The average Bonchev–Trinajstić information content (AvgIpc) is 2.71. The summed E-state index contributed by atoms with van der Waals surface area (Å²) in [7, 11) is 0. The van der Waals surface area contributed by atoms with Crippen LogP contribution in [0.1, 0.15) is 28.1 Å². The summed E-state index contributed by atoms with van der Waals surface area (Å²) >= 11 is 0. The molecule has 0 bridgehead atoms. The van der Waals surface area contributed by atoms with Gasteiger partial charge in [-0.05, 0) is 38.0 Å². The molecule has 1 heterocycles. The smallest absolute Gasteiger partial charge is 0.126 e. The number of hydrogen-bond donors (Lipinski definition) is 2. The predicted octanol–water partition coefficient (Wildman–Crippen LogP) is 2.23. The molecule has 1 aromatic carbocycles. The minimum absolute atomic E-state index is 0.0870. The molecule has 114 valence electrons. The van der Waals surface area contributed by atoms with Gasteiger partial charge in [-0.1, -0.05) is 12.1 Å². The zero-order valence-electron chi connectivity index (χ0n) is 12.8. The molecule has 2 N–H and O–H groups in total. The lowest BCUT2D eigenvalue weighted by Gasteiger charge is -2.07. The van der Waals surface area contributed by atoms with Crippen LogP contribution in [0.5, 0.6) is 0 Å². The van der Waals surface area contributed by atoms with Gasteiger partial charge in [-0.3, -0.25) is 4.68 Å². The van der Waals surface area contributed by atoms with Crippen molar-refractivity contribution < 1.29 is 9.50 Å². The van der Waals surface area contributed by atoms with Crippen LogP contribution in [0.2, 0.25) is 0 Å². The van der Waals surface area contributed by atoms with Gasteiger partial charge in [-0.25, -0.2) is 4.39 Å². The highest BCUT2D eigenvalue weighted by atomic mass is 19.1. The molecule has 0 aliphatic heterocycles. The van der Waals surface area contributed by atoms with Crippen molar-refractivity contribution in [3.05, 3.63) is 52.1 Å². The van der Waals surface area contributed by atoms with Crippen LogP contribution in [0.4, 0.5) is 4.39 Å². The fourth-order valence-electron chi connectivity index (χ4n) is 2.45. The summed E-state index contributed by atoms with van der Waals surface area (Å²) in [6, 6.07) is 5.16. The number of aryl methyl sites for hydroxylation is 2. The molecule has 1 aromatic heterocycles. The summed E-state index contributed by atoms with van der Waals surface area (Å²) in [6.07, 6.45) is 0. The number of rotatable bonds is 6. The number of nitrogens with one attached hydrogen (secondary N) is 1. The number of aliphatic hydroxyl groups excluding tert-OH is 1. The summed E-state index contributed by atoms with van der Waals surface area (Å²) < 4.78 is 15.0. The lowest BCUT2D eigenvalue weighted by atomic mass is 10.1. The second-order valence-electron chi connectivity index (χ2n) is 5.28. The third-order valence-electron chi connectivity index (χ3n) is 3.70. The first-order chi connectivity index (χ1) is 10.0. The molecule has 21 heavy (non-hydrogen) atoms. The maximum atomic E-state index is 13.2. The van der Waals surface area contributed by atoms with Crippen molar-refractivity contribution in [3.63, 3.8) is 0 Å². The molecule has 0 atom stereocenters. The number of halogens is 1. The Kier molecular flexibility index (Phi) is 5.09. The van der Waals surface area contributed by atoms with E-state index in [1.807, 2.05) is 24.6 Å². The van der Waals surface area contributed by atoms with E-state index in [4.69, 9.17) is 5.11 Å². The molecule has 0 fully saturated rings. The van der Waals surface area contributed by atoms with E-state index in [0.29, 0.717) is 25.2 Å². The minimum Gasteiger partial charge on any atom is -0.394 e. The second-order valence-corrected chi connectivity index (χ2v) is 5.28. The van der Waals surface area contributed by atoms with E-state index in [0.717, 1.165) is 22.5 Å². The number of aliphatic hydroxyl groups is 1. The normalized spacial score (nSPS) is 11.1. The van der Waals surface area contributed by atoms with Crippen molar-refractivity contribution in [1.82, 2.24) is 15.1 Å². The Bertz CT molecular complexity index is 622. The molecule has 0 aliphatic carbocycles. The van der Waals surface area contributed by atoms with Gasteiger partial charge in [0.15, 0.2) is 0 Å². The van der Waals surface area contributed by atoms with E-state index in [9.17, 15) is 4.39 Å². The molecule has 2 aromatic rings. The molecule has 5 heteroatoms. The van der Waals surface area contributed by atoms with Crippen molar-refractivity contribution in [1.29, 1.82) is 0 Å². The number of benzene rings is 1. The standard InChI is InChI=1S/C16H22FN3O/c1-11-8-14(4-5-16(11)17)9-18-10-15-12(2)19-20(6-7-21)13(15)3/h4-5,8,18,21H,6-7,9-10H2,1-3H3. The van der Waals surface area contributed by atoms with Gasteiger partial charge >= 0.3 is 0 Å². The fourth-order valence-corrected chi connectivity index (χ4v) is 2.45. The van der Waals surface area contributed by atoms with Crippen LogP contribution >= 0.6 is 0 Å². The molecular weight excluding hydrogens is 269 g/mol. The van der Waals surface area contributed by atoms with Crippen LogP contribution in [0, 0.1) is 26.6 Å². The maximum absolute atomic E-state index is 13.2. The fraction of sp³-hybridized carbons (Fsp3) is 0.438. The van der Waals surface area contributed by atoms with Crippen molar-refractivity contribution in [3.8, 4) is 0 Å². The first-order valence-electron chi connectivity index (χ1n) is 7.12. The number of nitrogens with zero attached hydrogens (tertiary/aromatic N) is 2. The summed E-state index contributed by atoms with van der Waals surface area (Å²) in [5.74, 6) is -0.171. The maximum Gasteiger partial charge on any atom is 0.126 e. The molecule has 0 amide bonds. The van der Waals surface area contributed by atoms with Gasteiger partial charge < -0.3 is 10.4 Å². The molecule has 2 rings (SSSR count). The Morgan fingerprint density at radius 3 is 2.67 bits per heavy atom. The number of hydrogen-bond acceptors (Lipinski definition) is 3. The van der Waals surface area contributed by atoms with Gasteiger partial charge in [-0.2, -0.15) is 5.10 Å². The van der Waals surface area contributed by atoms with Crippen LogP contribution in [-0.4, -0.2) is 21.5 Å². The zero-order chi connectivity index (χ0) is 15.4. The lowest BCUT2D eigenvalue weighted by Crippen LogP contribution is -2.14. The average molecular weight is 291 g/mol. The van der Waals surface area contributed by atoms with E-state index in [2.05, 4.69) is 10.4 Å². The van der Waals surface area contributed by atoms with Crippen molar-refractivity contribution in [2.75, 3.05) is 6.61 Å². The van der Waals surface area contributed by atoms with Crippen LogP contribution in [-0.2, 0) is 19.6 Å². The summed E-state index contributed by atoms with van der Waals surface area (Å²) in [6.45, 7) is 7.75. The highest BCUT2D eigenvalue weighted by molar-refractivity contribution is 5.26. The SMILES string of the molecule is Cc1cc(CNCc2c(C)nn(CCO)c2C)ccc1F. The Morgan fingerprint density at radius 1 is 1.24 bits per heavy atom. The Labute approximate surface area is 124 Å². The van der Waals surface area contributed by atoms with Crippen molar-refractivity contribution in [2.45, 2.75) is 40.4 Å². The van der Waals surface area contributed by atoms with Gasteiger partial charge in [0.2, 0.25) is 0 Å². The quantitative estimate of drug-likeness (QED) is 0.858. The van der Waals surface area contributed by atoms with E-state index >= 15 is 0 Å². The van der Waals surface area contributed by atoms with E-state index in [-0.39, 0.29) is 12.4 Å². The van der Waals surface area contributed by atoms with Gasteiger partial charge in [0.05, 0.1) is 18.8 Å². The summed E-state index contributed by atoms with van der Waals surface area (Å²) in [4.78, 5) is 0. The van der Waals surface area contributed by atoms with Crippen LogP contribution in [0.25, 0.3) is 0 Å². The lowest BCUT2D eigenvalue weighted by molar-refractivity contribution is 0.267. The Morgan fingerprint density at radius 2 is 2.00 bits per heavy atom. The summed E-state index contributed by atoms with van der Waals surface area (Å²) in [5.41, 5.74) is 4.93. The first kappa shape index (κ1) is 15.7. The topological polar surface area (TPSA) is 50.1 Å². The zero-order valence-corrected chi connectivity index (χ0v) is 12.8. The Balaban J connectivity index is 1.98. The monoisotopic (exact) mass is 291 g/mol. The molecular formula is C16H22FN3O. The van der Waals surface area contributed by atoms with Crippen molar-refractivity contribution in [2.24, 2.45) is 0 Å². The molecule has 0 unspecified atom stereocenters. The largest absolute Gasteiger partial charge is 0.394 e. The number of aromatic nitrogens is 2. The van der Waals surface area contributed by atoms with Crippen LogP contribution in [0.3, 0.4) is 0 Å². The van der Waals surface area contributed by atoms with Gasteiger partial charge in [0.25, 0.3) is 0 Å². The first-order valence-corrected chi connectivity index (χ1v) is 7.12. The summed E-state index contributed by atoms with van der Waals surface area (Å²) in [5, 5.41) is 16.8. The minimum atomic E-state index is -0.171. The van der Waals surface area contributed by atoms with Crippen LogP contribution in [0.15, 0.2) is 18.2 Å². The Hall–Kier alpha value is -1.72. The second kappa shape index (κ2) is 6.83. The highest BCUT2D eigenvalue weighted by Gasteiger charge is 2.10.